The lowest BCUT2D eigenvalue weighted by atomic mass is 9.87. The number of benzene rings is 4. The fourth-order valence-corrected chi connectivity index (χ4v) is 4.28. The van der Waals surface area contributed by atoms with Crippen LogP contribution in [0.3, 0.4) is 0 Å². The van der Waals surface area contributed by atoms with Crippen molar-refractivity contribution in [3.8, 4) is 0 Å². The van der Waals surface area contributed by atoms with Gasteiger partial charge in [-0.2, -0.15) is 0 Å². The molecule has 0 aromatic heterocycles. The van der Waals surface area contributed by atoms with Gasteiger partial charge in [0.15, 0.2) is 0 Å². The molecule has 4 rings (SSSR count). The predicted octanol–water partition coefficient (Wildman–Crippen LogP) is 6.54. The summed E-state index contributed by atoms with van der Waals surface area (Å²) in [5.41, 5.74) is 12.0. The Morgan fingerprint density at radius 3 is 1.97 bits per heavy atom. The van der Waals surface area contributed by atoms with Gasteiger partial charge >= 0.3 is 0 Å². The van der Waals surface area contributed by atoms with Crippen LogP contribution in [0.5, 0.6) is 0 Å². The third kappa shape index (κ3) is 6.96. The topological polar surface area (TPSA) is 75.4 Å². The van der Waals surface area contributed by atoms with Gasteiger partial charge in [0.25, 0.3) is 11.8 Å². The summed E-state index contributed by atoms with van der Waals surface area (Å²) >= 11 is 0. The molecule has 5 nitrogen and oxygen atoms in total. The highest BCUT2D eigenvalue weighted by molar-refractivity contribution is 6.04. The minimum absolute atomic E-state index is 0.0355. The average molecular weight is 506 g/mol. The Morgan fingerprint density at radius 2 is 1.34 bits per heavy atom. The molecule has 0 aliphatic heterocycles. The number of carbonyl (C=O) groups is 2. The van der Waals surface area contributed by atoms with E-state index in [9.17, 15) is 9.59 Å². The van der Waals surface area contributed by atoms with Crippen molar-refractivity contribution in [2.75, 3.05) is 5.32 Å². The fourth-order valence-electron chi connectivity index (χ4n) is 4.28. The predicted molar refractivity (Wildman–Crippen MR) is 154 cm³/mol. The van der Waals surface area contributed by atoms with Crippen LogP contribution in [0.25, 0.3) is 0 Å². The normalized spacial score (nSPS) is 11.2. The smallest absolute Gasteiger partial charge is 0.255 e. The van der Waals surface area contributed by atoms with Crippen LogP contribution >= 0.6 is 0 Å². The second-order valence-electron chi connectivity index (χ2n) is 10.5. The molecule has 0 heterocycles. The second kappa shape index (κ2) is 11.9. The Labute approximate surface area is 225 Å². The summed E-state index contributed by atoms with van der Waals surface area (Å²) in [4.78, 5) is 28.0. The summed E-state index contributed by atoms with van der Waals surface area (Å²) in [6.45, 7) is 7.79. The fraction of sp³-hybridized carbons (Fsp3) is 0.212. The highest BCUT2D eigenvalue weighted by Gasteiger charge is 2.18. The van der Waals surface area contributed by atoms with Gasteiger partial charge in [-0.1, -0.05) is 87.5 Å². The van der Waals surface area contributed by atoms with Gasteiger partial charge in [0, 0.05) is 36.4 Å². The van der Waals surface area contributed by atoms with Gasteiger partial charge in [-0.05, 0) is 64.1 Å². The first kappa shape index (κ1) is 26.8. The second-order valence-corrected chi connectivity index (χ2v) is 10.5. The summed E-state index contributed by atoms with van der Waals surface area (Å²) in [6.07, 6.45) is 0. The number of amides is 2. The van der Waals surface area contributed by atoms with Gasteiger partial charge in [-0.25, -0.2) is 0 Å². The van der Waals surface area contributed by atoms with Crippen LogP contribution in [0.4, 0.5) is 5.69 Å². The molecule has 0 unspecified atom stereocenters. The number of rotatable bonds is 8. The summed E-state index contributed by atoms with van der Waals surface area (Å²) < 4.78 is 0. The largest absolute Gasteiger partial charge is 0.330 e. The number of anilines is 1. The van der Waals surface area contributed by atoms with E-state index in [2.05, 4.69) is 26.1 Å². The molecule has 38 heavy (non-hydrogen) atoms. The first-order valence-electron chi connectivity index (χ1n) is 12.9. The Hall–Kier alpha value is -4.22. The van der Waals surface area contributed by atoms with Crippen LogP contribution in [-0.4, -0.2) is 16.7 Å². The number of nitrogens with two attached hydrogens (primary N) is 1. The maximum absolute atomic E-state index is 13.4. The van der Waals surface area contributed by atoms with E-state index in [1.807, 2.05) is 108 Å². The summed E-state index contributed by atoms with van der Waals surface area (Å²) in [5, 5.41) is 2.97. The highest BCUT2D eigenvalue weighted by atomic mass is 16.2. The van der Waals surface area contributed by atoms with Gasteiger partial charge < -0.3 is 16.0 Å². The van der Waals surface area contributed by atoms with Crippen molar-refractivity contribution in [2.24, 2.45) is 5.73 Å². The van der Waals surface area contributed by atoms with Crippen LogP contribution in [0.1, 0.15) is 63.7 Å². The Morgan fingerprint density at radius 1 is 0.711 bits per heavy atom. The number of hydrogen-bond acceptors (Lipinski definition) is 3. The van der Waals surface area contributed by atoms with E-state index in [4.69, 9.17) is 5.73 Å². The summed E-state index contributed by atoms with van der Waals surface area (Å²) in [6, 6.07) is 32.7. The molecule has 5 heteroatoms. The van der Waals surface area contributed by atoms with Gasteiger partial charge in [0.05, 0.1) is 0 Å². The molecule has 4 aromatic carbocycles. The molecule has 0 atom stereocenters. The van der Waals surface area contributed by atoms with E-state index >= 15 is 0 Å². The zero-order valence-corrected chi connectivity index (χ0v) is 22.3. The molecular formula is C33H35N3O2. The number of nitrogens with one attached hydrogen (secondary N) is 1. The molecule has 0 spiro atoms. The molecule has 0 bridgehead atoms. The van der Waals surface area contributed by atoms with Crippen LogP contribution in [0.15, 0.2) is 103 Å². The van der Waals surface area contributed by atoms with Crippen molar-refractivity contribution in [1.82, 2.24) is 4.90 Å². The molecule has 0 saturated heterocycles. The molecule has 4 aromatic rings. The standard InChI is InChI=1S/C33H35N3O2/c1-33(2,3)29-16-14-27(15-17-29)31(37)35-30-18-12-24(13-19-30)22-36(32(38)28-10-5-4-6-11-28)23-26-9-7-8-25(20-26)21-34/h4-20H,21-23,34H2,1-3H3,(H,35,37). The molecule has 194 valence electrons. The van der Waals surface area contributed by atoms with Gasteiger partial charge in [-0.15, -0.1) is 0 Å². The Bertz CT molecular complexity index is 1370. The maximum Gasteiger partial charge on any atom is 0.255 e. The molecule has 0 radical (unpaired) electrons. The van der Waals surface area contributed by atoms with E-state index in [-0.39, 0.29) is 17.2 Å². The van der Waals surface area contributed by atoms with Crippen LogP contribution in [0.2, 0.25) is 0 Å². The van der Waals surface area contributed by atoms with Crippen molar-refractivity contribution in [3.63, 3.8) is 0 Å². The molecule has 0 fully saturated rings. The summed E-state index contributed by atoms with van der Waals surface area (Å²) in [5.74, 6) is -0.196. The molecule has 0 aliphatic rings. The zero-order chi connectivity index (χ0) is 27.1. The molecule has 0 saturated carbocycles. The van der Waals surface area contributed by atoms with Crippen molar-refractivity contribution in [1.29, 1.82) is 0 Å². The van der Waals surface area contributed by atoms with Crippen LogP contribution in [0, 0.1) is 0 Å². The first-order valence-corrected chi connectivity index (χ1v) is 12.9. The molecule has 3 N–H and O–H groups in total. The number of carbonyl (C=O) groups excluding carboxylic acids is 2. The van der Waals surface area contributed by atoms with E-state index in [1.54, 1.807) is 0 Å². The maximum atomic E-state index is 13.4. The van der Waals surface area contributed by atoms with E-state index < -0.39 is 0 Å². The van der Waals surface area contributed by atoms with Crippen molar-refractivity contribution in [3.05, 3.63) is 137 Å². The van der Waals surface area contributed by atoms with E-state index in [0.29, 0.717) is 36.4 Å². The number of hydrogen-bond donors (Lipinski definition) is 2. The van der Waals surface area contributed by atoms with Crippen molar-refractivity contribution < 1.29 is 9.59 Å². The lowest BCUT2D eigenvalue weighted by molar-refractivity contribution is 0.0730. The lowest BCUT2D eigenvalue weighted by Gasteiger charge is -2.24. The minimum atomic E-state index is -0.154. The van der Waals surface area contributed by atoms with Crippen LogP contribution < -0.4 is 11.1 Å². The van der Waals surface area contributed by atoms with Crippen molar-refractivity contribution >= 4 is 17.5 Å². The number of nitrogens with zero attached hydrogens (tertiary/aromatic N) is 1. The Kier molecular flexibility index (Phi) is 8.39. The van der Waals surface area contributed by atoms with E-state index in [0.717, 1.165) is 16.7 Å². The van der Waals surface area contributed by atoms with Crippen LogP contribution in [-0.2, 0) is 25.0 Å². The van der Waals surface area contributed by atoms with Gasteiger partial charge in [0.1, 0.15) is 0 Å². The van der Waals surface area contributed by atoms with Gasteiger partial charge in [-0.3, -0.25) is 9.59 Å². The monoisotopic (exact) mass is 505 g/mol. The molecule has 2 amide bonds. The van der Waals surface area contributed by atoms with Gasteiger partial charge in [0.2, 0.25) is 0 Å². The van der Waals surface area contributed by atoms with E-state index in [1.165, 1.54) is 5.56 Å². The lowest BCUT2D eigenvalue weighted by Crippen LogP contribution is -2.30. The third-order valence-corrected chi connectivity index (χ3v) is 6.51. The minimum Gasteiger partial charge on any atom is -0.330 e. The Balaban J connectivity index is 1.47. The summed E-state index contributed by atoms with van der Waals surface area (Å²) in [7, 11) is 0. The highest BCUT2D eigenvalue weighted by Crippen LogP contribution is 2.23. The molecule has 0 aliphatic carbocycles. The third-order valence-electron chi connectivity index (χ3n) is 6.51. The quantitative estimate of drug-likeness (QED) is 0.286. The average Bonchev–Trinajstić information content (AvgIpc) is 2.93. The molecular weight excluding hydrogens is 470 g/mol. The first-order chi connectivity index (χ1) is 18.2. The van der Waals surface area contributed by atoms with Crippen molar-refractivity contribution in [2.45, 2.75) is 45.8 Å². The zero-order valence-electron chi connectivity index (χ0n) is 22.3. The SMILES string of the molecule is CC(C)(C)c1ccc(C(=O)Nc2ccc(CN(Cc3cccc(CN)c3)C(=O)c3ccccc3)cc2)cc1.